The number of imidazole rings is 1. The summed E-state index contributed by atoms with van der Waals surface area (Å²) < 4.78 is 7.60. The van der Waals surface area contributed by atoms with E-state index in [1.165, 1.54) is 5.56 Å². The van der Waals surface area contributed by atoms with Crippen molar-refractivity contribution in [3.63, 3.8) is 0 Å². The van der Waals surface area contributed by atoms with Gasteiger partial charge in [0.15, 0.2) is 0 Å². The largest absolute Gasteiger partial charge is 0.493 e. The molecule has 0 aliphatic carbocycles. The Morgan fingerprint density at radius 2 is 2.09 bits per heavy atom. The minimum atomic E-state index is 0.0226. The first-order valence-electron chi connectivity index (χ1n) is 8.10. The van der Waals surface area contributed by atoms with Crippen molar-refractivity contribution in [1.29, 1.82) is 0 Å². The first-order chi connectivity index (χ1) is 11.1. The normalized spacial score (nSPS) is 10.7. The molecule has 0 unspecified atom stereocenters. The van der Waals surface area contributed by atoms with E-state index >= 15 is 0 Å². The van der Waals surface area contributed by atoms with Crippen molar-refractivity contribution in [3.8, 4) is 5.75 Å². The van der Waals surface area contributed by atoms with Gasteiger partial charge in [0.05, 0.1) is 19.4 Å². The zero-order valence-corrected chi connectivity index (χ0v) is 13.9. The van der Waals surface area contributed by atoms with E-state index in [1.807, 2.05) is 22.9 Å². The van der Waals surface area contributed by atoms with E-state index in [0.717, 1.165) is 18.7 Å². The fourth-order valence-electron chi connectivity index (χ4n) is 2.21. The van der Waals surface area contributed by atoms with Crippen molar-refractivity contribution in [3.05, 3.63) is 48.5 Å². The average Bonchev–Trinajstić information content (AvgIpc) is 3.05. The Kier molecular flexibility index (Phi) is 6.66. The molecular weight excluding hydrogens is 290 g/mol. The monoisotopic (exact) mass is 315 g/mol. The summed E-state index contributed by atoms with van der Waals surface area (Å²) in [5, 5.41) is 2.90. The third-order valence-electron chi connectivity index (χ3n) is 3.62. The van der Waals surface area contributed by atoms with Crippen LogP contribution in [0.1, 0.15) is 38.2 Å². The third-order valence-corrected chi connectivity index (χ3v) is 3.62. The number of carbonyl (C=O) groups is 1. The lowest BCUT2D eigenvalue weighted by Crippen LogP contribution is -2.26. The number of hydrogen-bond donors (Lipinski definition) is 1. The molecule has 1 N–H and O–H groups in total. The predicted octanol–water partition coefficient (Wildman–Crippen LogP) is 2.98. The molecule has 0 spiro atoms. The van der Waals surface area contributed by atoms with Crippen LogP contribution >= 0.6 is 0 Å². The van der Waals surface area contributed by atoms with Crippen LogP contribution in [-0.2, 0) is 11.3 Å². The topological polar surface area (TPSA) is 56.1 Å². The predicted molar refractivity (Wildman–Crippen MR) is 90.5 cm³/mol. The second kappa shape index (κ2) is 8.98. The molecule has 5 heteroatoms. The Morgan fingerprint density at radius 3 is 2.74 bits per heavy atom. The molecule has 0 saturated heterocycles. The second-order valence-corrected chi connectivity index (χ2v) is 5.83. The summed E-state index contributed by atoms with van der Waals surface area (Å²) in [5.41, 5.74) is 1.29. The molecular formula is C18H25N3O2. The SMILES string of the molecule is CC(C)c1ccc(OCCC(=O)NCCCn2ccnc2)cc1. The lowest BCUT2D eigenvalue weighted by Gasteiger charge is -2.09. The fourth-order valence-corrected chi connectivity index (χ4v) is 2.21. The van der Waals surface area contributed by atoms with E-state index in [1.54, 1.807) is 12.5 Å². The van der Waals surface area contributed by atoms with Gasteiger partial charge in [0, 0.05) is 25.5 Å². The Labute approximate surface area is 137 Å². The summed E-state index contributed by atoms with van der Waals surface area (Å²) in [6.07, 6.45) is 6.71. The minimum Gasteiger partial charge on any atom is -0.493 e. The number of aryl methyl sites for hydroxylation is 1. The van der Waals surface area contributed by atoms with Gasteiger partial charge in [0.1, 0.15) is 5.75 Å². The summed E-state index contributed by atoms with van der Waals surface area (Å²) in [4.78, 5) is 15.7. The molecule has 0 radical (unpaired) electrons. The molecule has 5 nitrogen and oxygen atoms in total. The van der Waals surface area contributed by atoms with Gasteiger partial charge in [0.25, 0.3) is 0 Å². The lowest BCUT2D eigenvalue weighted by atomic mass is 10.0. The number of hydrogen-bond acceptors (Lipinski definition) is 3. The van der Waals surface area contributed by atoms with Gasteiger partial charge < -0.3 is 14.6 Å². The highest BCUT2D eigenvalue weighted by Gasteiger charge is 2.03. The van der Waals surface area contributed by atoms with Gasteiger partial charge in [-0.3, -0.25) is 4.79 Å². The molecule has 2 aromatic rings. The molecule has 0 fully saturated rings. The van der Waals surface area contributed by atoms with Crippen LogP contribution in [0.5, 0.6) is 5.75 Å². The molecule has 1 amide bonds. The molecule has 0 saturated carbocycles. The van der Waals surface area contributed by atoms with Gasteiger partial charge in [-0.25, -0.2) is 4.98 Å². The van der Waals surface area contributed by atoms with Crippen molar-refractivity contribution in [2.45, 2.75) is 39.2 Å². The van der Waals surface area contributed by atoms with Gasteiger partial charge >= 0.3 is 0 Å². The first-order valence-corrected chi connectivity index (χ1v) is 8.10. The van der Waals surface area contributed by atoms with Crippen molar-refractivity contribution < 1.29 is 9.53 Å². The molecule has 124 valence electrons. The highest BCUT2D eigenvalue weighted by molar-refractivity contribution is 5.75. The average molecular weight is 315 g/mol. The number of rotatable bonds is 9. The summed E-state index contributed by atoms with van der Waals surface area (Å²) in [7, 11) is 0. The Bertz CT molecular complexity index is 577. The zero-order valence-electron chi connectivity index (χ0n) is 13.9. The molecule has 1 aromatic heterocycles. The van der Waals surface area contributed by atoms with Gasteiger partial charge in [-0.1, -0.05) is 26.0 Å². The number of aromatic nitrogens is 2. The van der Waals surface area contributed by atoms with Crippen LogP contribution in [0.15, 0.2) is 43.0 Å². The molecule has 1 aromatic carbocycles. The maximum Gasteiger partial charge on any atom is 0.223 e. The van der Waals surface area contributed by atoms with E-state index < -0.39 is 0 Å². The molecule has 0 aliphatic rings. The molecule has 1 heterocycles. The lowest BCUT2D eigenvalue weighted by molar-refractivity contribution is -0.121. The number of benzene rings is 1. The van der Waals surface area contributed by atoms with E-state index in [4.69, 9.17) is 4.74 Å². The third kappa shape index (κ3) is 6.14. The van der Waals surface area contributed by atoms with Crippen LogP contribution in [-0.4, -0.2) is 28.6 Å². The fraction of sp³-hybridized carbons (Fsp3) is 0.444. The van der Waals surface area contributed by atoms with E-state index in [0.29, 0.717) is 25.5 Å². The van der Waals surface area contributed by atoms with Crippen LogP contribution in [0.25, 0.3) is 0 Å². The molecule has 0 atom stereocenters. The highest BCUT2D eigenvalue weighted by atomic mass is 16.5. The standard InChI is InChI=1S/C18H25N3O2/c1-15(2)16-4-6-17(7-5-16)23-13-8-18(22)20-9-3-11-21-12-10-19-14-21/h4-7,10,12,14-15H,3,8-9,11,13H2,1-2H3,(H,20,22). The van der Waals surface area contributed by atoms with Crippen LogP contribution in [0.2, 0.25) is 0 Å². The minimum absolute atomic E-state index is 0.0226. The molecule has 0 aliphatic heterocycles. The summed E-state index contributed by atoms with van der Waals surface area (Å²) in [6, 6.07) is 8.04. The maximum absolute atomic E-state index is 11.7. The van der Waals surface area contributed by atoms with Gasteiger partial charge in [-0.05, 0) is 30.0 Å². The molecule has 2 rings (SSSR count). The maximum atomic E-state index is 11.7. The van der Waals surface area contributed by atoms with E-state index in [2.05, 4.69) is 36.3 Å². The zero-order chi connectivity index (χ0) is 16.5. The Morgan fingerprint density at radius 1 is 1.30 bits per heavy atom. The number of amides is 1. The van der Waals surface area contributed by atoms with Gasteiger partial charge in [0.2, 0.25) is 5.91 Å². The second-order valence-electron chi connectivity index (χ2n) is 5.83. The Hall–Kier alpha value is -2.30. The van der Waals surface area contributed by atoms with E-state index in [9.17, 15) is 4.79 Å². The molecule has 23 heavy (non-hydrogen) atoms. The highest BCUT2D eigenvalue weighted by Crippen LogP contribution is 2.18. The van der Waals surface area contributed by atoms with Crippen molar-refractivity contribution >= 4 is 5.91 Å². The van der Waals surface area contributed by atoms with Crippen LogP contribution in [0.4, 0.5) is 0 Å². The number of nitrogens with one attached hydrogen (secondary N) is 1. The quantitative estimate of drug-likeness (QED) is 0.724. The van der Waals surface area contributed by atoms with Crippen LogP contribution in [0, 0.1) is 0 Å². The van der Waals surface area contributed by atoms with Crippen LogP contribution in [0.3, 0.4) is 0 Å². The van der Waals surface area contributed by atoms with Crippen LogP contribution < -0.4 is 10.1 Å². The van der Waals surface area contributed by atoms with Crippen molar-refractivity contribution in [1.82, 2.24) is 14.9 Å². The van der Waals surface area contributed by atoms with Gasteiger partial charge in [-0.2, -0.15) is 0 Å². The number of nitrogens with zero attached hydrogens (tertiary/aromatic N) is 2. The molecule has 0 bridgehead atoms. The smallest absolute Gasteiger partial charge is 0.223 e. The summed E-state index contributed by atoms with van der Waals surface area (Å²) in [6.45, 7) is 6.24. The number of ether oxygens (including phenoxy) is 1. The van der Waals surface area contributed by atoms with Crippen molar-refractivity contribution in [2.75, 3.05) is 13.2 Å². The van der Waals surface area contributed by atoms with Gasteiger partial charge in [-0.15, -0.1) is 0 Å². The van der Waals surface area contributed by atoms with E-state index in [-0.39, 0.29) is 5.91 Å². The Balaban J connectivity index is 1.57. The number of carbonyl (C=O) groups excluding carboxylic acids is 1. The summed E-state index contributed by atoms with van der Waals surface area (Å²) in [5.74, 6) is 1.34. The van der Waals surface area contributed by atoms with Crippen molar-refractivity contribution in [2.24, 2.45) is 0 Å². The summed E-state index contributed by atoms with van der Waals surface area (Å²) >= 11 is 0. The first kappa shape index (κ1) is 17.1.